The van der Waals surface area contributed by atoms with Crippen molar-refractivity contribution in [2.75, 3.05) is 0 Å². The van der Waals surface area contributed by atoms with Gasteiger partial charge in [-0.15, -0.1) is 0 Å². The Kier molecular flexibility index (Phi) is 12.6. The van der Waals surface area contributed by atoms with E-state index in [4.69, 9.17) is 12.2 Å². The topological polar surface area (TPSA) is 48.6 Å². The van der Waals surface area contributed by atoms with Gasteiger partial charge in [0.15, 0.2) is 4.77 Å². The molecule has 2 N–H and O–H groups in total. The second-order valence-electron chi connectivity index (χ2n) is 8.10. The van der Waals surface area contributed by atoms with Crippen LogP contribution in [0.5, 0.6) is 0 Å². The quantitative estimate of drug-likeness (QED) is 0.257. The monoisotopic (exact) mass is 380 g/mol. The summed E-state index contributed by atoms with van der Waals surface area (Å²) in [6, 6.07) is 0. The third-order valence-electron chi connectivity index (χ3n) is 5.02. The molecule has 0 aliphatic rings. The fourth-order valence-corrected chi connectivity index (χ4v) is 3.76. The summed E-state index contributed by atoms with van der Waals surface area (Å²) < 4.78 is 0.448. The Bertz CT molecular complexity index is 589. The third kappa shape index (κ3) is 10.3. The van der Waals surface area contributed by atoms with E-state index in [1.165, 1.54) is 70.6 Å². The van der Waals surface area contributed by atoms with E-state index in [0.29, 0.717) is 10.7 Å². The van der Waals surface area contributed by atoms with E-state index in [9.17, 15) is 4.79 Å². The van der Waals surface area contributed by atoms with Crippen LogP contribution >= 0.6 is 12.2 Å². The molecule has 0 unspecified atom stereocenters. The van der Waals surface area contributed by atoms with Crippen LogP contribution in [0.2, 0.25) is 0 Å². The van der Waals surface area contributed by atoms with Gasteiger partial charge >= 0.3 is 0 Å². The van der Waals surface area contributed by atoms with E-state index in [2.05, 4.69) is 30.7 Å². The number of aromatic nitrogens is 2. The van der Waals surface area contributed by atoms with Crippen LogP contribution in [0.15, 0.2) is 4.79 Å². The maximum absolute atomic E-state index is 12.2. The maximum atomic E-state index is 12.2. The van der Waals surface area contributed by atoms with Crippen molar-refractivity contribution in [3.63, 3.8) is 0 Å². The van der Waals surface area contributed by atoms with Gasteiger partial charge in [-0.1, -0.05) is 91.4 Å². The normalized spacial score (nSPS) is 11.4. The van der Waals surface area contributed by atoms with E-state index in [0.717, 1.165) is 30.5 Å². The molecule has 0 radical (unpaired) electrons. The van der Waals surface area contributed by atoms with Crippen LogP contribution in [0.1, 0.15) is 109 Å². The minimum atomic E-state index is 0.00692. The summed E-state index contributed by atoms with van der Waals surface area (Å²) in [5, 5.41) is 0. The standard InChI is InChI=1S/C22H40N2OS/c1-4-5-6-7-8-9-10-11-12-13-14-15-16-19-20(17-18(2)3)23-22(26)24-21(19)25/h18H,4-17H2,1-3H3,(H2,23,24,25,26). The molecule has 1 heterocycles. The number of H-pyrrole nitrogens is 2. The summed E-state index contributed by atoms with van der Waals surface area (Å²) in [5.41, 5.74) is 1.96. The van der Waals surface area contributed by atoms with Gasteiger partial charge in [-0.2, -0.15) is 0 Å². The fraction of sp³-hybridized carbons (Fsp3) is 0.818. The Balaban J connectivity index is 2.18. The molecule has 0 aliphatic carbocycles. The van der Waals surface area contributed by atoms with Gasteiger partial charge in [0, 0.05) is 11.3 Å². The minimum absolute atomic E-state index is 0.00692. The zero-order valence-corrected chi connectivity index (χ0v) is 18.1. The molecule has 0 amide bonds. The van der Waals surface area contributed by atoms with Crippen molar-refractivity contribution >= 4 is 12.2 Å². The van der Waals surface area contributed by atoms with E-state index in [-0.39, 0.29) is 5.56 Å². The molecule has 0 bridgehead atoms. The Morgan fingerprint density at radius 3 is 1.81 bits per heavy atom. The molecule has 0 saturated heterocycles. The van der Waals surface area contributed by atoms with E-state index in [1.54, 1.807) is 0 Å². The smallest absolute Gasteiger partial charge is 0.255 e. The molecule has 4 heteroatoms. The SMILES string of the molecule is CCCCCCCCCCCCCCc1c(CC(C)C)[nH]c(=S)[nH]c1=O. The van der Waals surface area contributed by atoms with E-state index < -0.39 is 0 Å². The number of unbranched alkanes of at least 4 members (excludes halogenated alkanes) is 11. The highest BCUT2D eigenvalue weighted by Gasteiger charge is 2.10. The molecule has 0 aromatic carbocycles. The molecule has 3 nitrogen and oxygen atoms in total. The average Bonchev–Trinajstić information content (AvgIpc) is 2.57. The van der Waals surface area contributed by atoms with Gasteiger partial charge in [0.25, 0.3) is 5.56 Å². The zero-order valence-electron chi connectivity index (χ0n) is 17.3. The molecule has 0 spiro atoms. The molecule has 1 aromatic rings. The molecule has 26 heavy (non-hydrogen) atoms. The van der Waals surface area contributed by atoms with Crippen molar-refractivity contribution in [1.82, 2.24) is 9.97 Å². The molecular formula is C22H40N2OS. The summed E-state index contributed by atoms with van der Waals surface area (Å²) in [5.74, 6) is 0.517. The Labute approximate surface area is 165 Å². The highest BCUT2D eigenvalue weighted by molar-refractivity contribution is 7.71. The van der Waals surface area contributed by atoms with Crippen LogP contribution in [0.25, 0.3) is 0 Å². The van der Waals surface area contributed by atoms with Gasteiger partial charge in [0.2, 0.25) is 0 Å². The predicted molar refractivity (Wildman–Crippen MR) is 116 cm³/mol. The summed E-state index contributed by atoms with van der Waals surface area (Å²) >= 11 is 5.12. The molecule has 0 aliphatic heterocycles. The summed E-state index contributed by atoms with van der Waals surface area (Å²) in [7, 11) is 0. The second-order valence-corrected chi connectivity index (χ2v) is 8.51. The molecule has 0 fully saturated rings. The van der Waals surface area contributed by atoms with Crippen molar-refractivity contribution in [2.24, 2.45) is 5.92 Å². The third-order valence-corrected chi connectivity index (χ3v) is 5.23. The summed E-state index contributed by atoms with van der Waals surface area (Å²) in [4.78, 5) is 18.2. The molecule has 0 saturated carbocycles. The van der Waals surface area contributed by atoms with Gasteiger partial charge in [0.05, 0.1) is 0 Å². The van der Waals surface area contributed by atoms with Crippen molar-refractivity contribution in [3.05, 3.63) is 26.4 Å². The number of hydrogen-bond donors (Lipinski definition) is 2. The first-order valence-corrected chi connectivity index (χ1v) is 11.3. The van der Waals surface area contributed by atoms with Gasteiger partial charge < -0.3 is 4.98 Å². The summed E-state index contributed by atoms with van der Waals surface area (Å²) in [6.45, 7) is 6.62. The molecule has 1 aromatic heterocycles. The Morgan fingerprint density at radius 1 is 0.808 bits per heavy atom. The fourth-order valence-electron chi connectivity index (χ4n) is 3.55. The second kappa shape index (κ2) is 14.2. The number of aromatic amines is 2. The lowest BCUT2D eigenvalue weighted by molar-refractivity contribution is 0.542. The highest BCUT2D eigenvalue weighted by atomic mass is 32.1. The first kappa shape index (κ1) is 23.1. The van der Waals surface area contributed by atoms with Crippen molar-refractivity contribution in [1.29, 1.82) is 0 Å². The van der Waals surface area contributed by atoms with Crippen molar-refractivity contribution < 1.29 is 0 Å². The predicted octanol–water partition coefficient (Wildman–Crippen LogP) is 6.87. The number of rotatable bonds is 15. The van der Waals surface area contributed by atoms with Crippen LogP contribution in [0.4, 0.5) is 0 Å². The maximum Gasteiger partial charge on any atom is 0.255 e. The van der Waals surface area contributed by atoms with Crippen molar-refractivity contribution in [2.45, 2.75) is 111 Å². The average molecular weight is 381 g/mol. The lowest BCUT2D eigenvalue weighted by atomic mass is 9.99. The Hall–Kier alpha value is -0.900. The van der Waals surface area contributed by atoms with E-state index >= 15 is 0 Å². The lowest BCUT2D eigenvalue weighted by Gasteiger charge is -2.11. The Morgan fingerprint density at radius 2 is 1.31 bits per heavy atom. The zero-order chi connectivity index (χ0) is 19.2. The number of hydrogen-bond acceptors (Lipinski definition) is 2. The van der Waals surface area contributed by atoms with Crippen molar-refractivity contribution in [3.8, 4) is 0 Å². The largest absolute Gasteiger partial charge is 0.336 e. The molecule has 1 rings (SSSR count). The first-order chi connectivity index (χ1) is 12.5. The van der Waals surface area contributed by atoms with Gasteiger partial charge in [-0.3, -0.25) is 9.78 Å². The van der Waals surface area contributed by atoms with Crippen LogP contribution in [0, 0.1) is 10.7 Å². The van der Waals surface area contributed by atoms with Gasteiger partial charge in [0.1, 0.15) is 0 Å². The van der Waals surface area contributed by atoms with Gasteiger partial charge in [-0.05, 0) is 37.4 Å². The molecular weight excluding hydrogens is 340 g/mol. The van der Waals surface area contributed by atoms with E-state index in [1.807, 2.05) is 0 Å². The first-order valence-electron chi connectivity index (χ1n) is 10.9. The number of nitrogens with one attached hydrogen (secondary N) is 2. The van der Waals surface area contributed by atoms with Crippen LogP contribution in [-0.4, -0.2) is 9.97 Å². The highest BCUT2D eigenvalue weighted by Crippen LogP contribution is 2.14. The van der Waals surface area contributed by atoms with Crippen LogP contribution < -0.4 is 5.56 Å². The van der Waals surface area contributed by atoms with Crippen LogP contribution in [0.3, 0.4) is 0 Å². The molecule has 0 atom stereocenters. The lowest BCUT2D eigenvalue weighted by Crippen LogP contribution is -2.19. The van der Waals surface area contributed by atoms with Crippen LogP contribution in [-0.2, 0) is 12.8 Å². The summed E-state index contributed by atoms with van der Waals surface area (Å²) in [6.07, 6.45) is 17.8. The minimum Gasteiger partial charge on any atom is -0.336 e. The van der Waals surface area contributed by atoms with Gasteiger partial charge in [-0.25, -0.2) is 0 Å². The molecule has 150 valence electrons.